The summed E-state index contributed by atoms with van der Waals surface area (Å²) in [6.45, 7) is 1.91. The molecule has 8 nitrogen and oxygen atoms in total. The summed E-state index contributed by atoms with van der Waals surface area (Å²) >= 11 is 6.32. The summed E-state index contributed by atoms with van der Waals surface area (Å²) in [6.07, 6.45) is 1.95. The first-order chi connectivity index (χ1) is 11.4. The topological polar surface area (TPSA) is 113 Å². The van der Waals surface area contributed by atoms with Gasteiger partial charge < -0.3 is 25.9 Å². The van der Waals surface area contributed by atoms with Gasteiger partial charge in [-0.15, -0.1) is 11.6 Å². The third kappa shape index (κ3) is 4.78. The minimum Gasteiger partial charge on any atom is -0.388 e. The number of aliphatic hydroxyl groups is 1. The summed E-state index contributed by atoms with van der Waals surface area (Å²) in [7, 11) is 3.60. The van der Waals surface area contributed by atoms with Crippen molar-refractivity contribution in [3.05, 3.63) is 0 Å². The van der Waals surface area contributed by atoms with Crippen molar-refractivity contribution < 1.29 is 14.6 Å². The van der Waals surface area contributed by atoms with Crippen LogP contribution in [0, 0.1) is 5.92 Å². The highest BCUT2D eigenvalue weighted by Crippen LogP contribution is 2.32. The van der Waals surface area contributed by atoms with Gasteiger partial charge >= 0.3 is 0 Å². The first-order valence-corrected chi connectivity index (χ1v) is 8.77. The molecule has 0 spiro atoms. The van der Waals surface area contributed by atoms with Gasteiger partial charge in [-0.3, -0.25) is 4.79 Å². The van der Waals surface area contributed by atoms with Crippen molar-refractivity contribution in [2.24, 2.45) is 22.1 Å². The van der Waals surface area contributed by atoms with Crippen LogP contribution in [0.4, 0.5) is 0 Å². The number of hydrogen-bond acceptors (Lipinski definition) is 6. The van der Waals surface area contributed by atoms with E-state index < -0.39 is 5.60 Å². The standard InChI is InChI=1S/C15H28ClN5O3/c1-21-5-3-15(23,4-6-21)9-18-14(22)10-7-11(16)12(19-20-17)8-13(10)24-2/h10-13,23H,3-9H2,1-2H3,(H2,17,19)(H,18,22). The Hall–Kier alpha value is -0.960. The third-order valence-electron chi connectivity index (χ3n) is 5.18. The average Bonchev–Trinajstić information content (AvgIpc) is 2.57. The second-order valence-electron chi connectivity index (χ2n) is 6.91. The van der Waals surface area contributed by atoms with Crippen molar-refractivity contribution in [2.75, 3.05) is 33.8 Å². The first-order valence-electron chi connectivity index (χ1n) is 8.34. The van der Waals surface area contributed by atoms with E-state index in [2.05, 4.69) is 20.6 Å². The van der Waals surface area contributed by atoms with E-state index in [1.165, 1.54) is 0 Å². The van der Waals surface area contributed by atoms with Crippen LogP contribution in [0.1, 0.15) is 25.7 Å². The van der Waals surface area contributed by atoms with E-state index in [-0.39, 0.29) is 35.9 Å². The van der Waals surface area contributed by atoms with Gasteiger partial charge in [0, 0.05) is 33.2 Å². The lowest BCUT2D eigenvalue weighted by Crippen LogP contribution is -2.53. The summed E-state index contributed by atoms with van der Waals surface area (Å²) in [5.74, 6) is 4.61. The Morgan fingerprint density at radius 1 is 1.46 bits per heavy atom. The molecule has 24 heavy (non-hydrogen) atoms. The molecule has 2 aliphatic rings. The van der Waals surface area contributed by atoms with Crippen molar-refractivity contribution in [3.8, 4) is 0 Å². The van der Waals surface area contributed by atoms with E-state index in [0.29, 0.717) is 25.7 Å². The van der Waals surface area contributed by atoms with Gasteiger partial charge in [0.05, 0.1) is 29.0 Å². The smallest absolute Gasteiger partial charge is 0.225 e. The van der Waals surface area contributed by atoms with Gasteiger partial charge in [-0.05, 0) is 26.3 Å². The Kier molecular flexibility index (Phi) is 6.79. The summed E-state index contributed by atoms with van der Waals surface area (Å²) in [4.78, 5) is 14.7. The van der Waals surface area contributed by atoms with E-state index in [1.54, 1.807) is 7.11 Å². The molecule has 138 valence electrons. The Bertz CT molecular complexity index is 456. The van der Waals surface area contributed by atoms with Crippen LogP contribution in [-0.4, -0.2) is 72.8 Å². The monoisotopic (exact) mass is 361 g/mol. The first kappa shape index (κ1) is 19.4. The normalized spacial score (nSPS) is 34.3. The molecular formula is C15H28ClN5O3. The highest BCUT2D eigenvalue weighted by Gasteiger charge is 2.41. The van der Waals surface area contributed by atoms with E-state index in [4.69, 9.17) is 22.2 Å². The number of rotatable bonds is 5. The maximum absolute atomic E-state index is 12.6. The number of hydrogen-bond donors (Lipinski definition) is 3. The number of halogens is 1. The Labute approximate surface area is 147 Å². The number of carbonyl (C=O) groups excluding carboxylic acids is 1. The van der Waals surface area contributed by atoms with Crippen molar-refractivity contribution in [3.63, 3.8) is 0 Å². The van der Waals surface area contributed by atoms with Crippen molar-refractivity contribution in [2.45, 2.75) is 48.8 Å². The minimum atomic E-state index is -0.837. The maximum atomic E-state index is 12.6. The predicted molar refractivity (Wildman–Crippen MR) is 90.7 cm³/mol. The van der Waals surface area contributed by atoms with E-state index in [9.17, 15) is 9.90 Å². The highest BCUT2D eigenvalue weighted by molar-refractivity contribution is 6.21. The fourth-order valence-corrected chi connectivity index (χ4v) is 3.78. The SMILES string of the molecule is COC1CC(N=NN)C(Cl)CC1C(=O)NCC1(O)CCN(C)CC1. The zero-order valence-electron chi connectivity index (χ0n) is 14.3. The molecule has 4 unspecified atom stereocenters. The molecule has 0 bridgehead atoms. The summed E-state index contributed by atoms with van der Waals surface area (Å²) in [6, 6.07) is -0.247. The molecule has 0 aromatic carbocycles. The summed E-state index contributed by atoms with van der Waals surface area (Å²) in [5.41, 5.74) is -0.837. The van der Waals surface area contributed by atoms with Crippen molar-refractivity contribution in [1.29, 1.82) is 0 Å². The lowest BCUT2D eigenvalue weighted by atomic mass is 9.82. The highest BCUT2D eigenvalue weighted by atomic mass is 35.5. The molecule has 1 saturated heterocycles. The Morgan fingerprint density at radius 2 is 2.12 bits per heavy atom. The van der Waals surface area contributed by atoms with E-state index in [1.807, 2.05) is 7.05 Å². The number of nitrogens with zero attached hydrogens (tertiary/aromatic N) is 3. The molecule has 0 radical (unpaired) electrons. The molecule has 4 N–H and O–H groups in total. The molecular weight excluding hydrogens is 334 g/mol. The Balaban J connectivity index is 1.91. The molecule has 2 fully saturated rings. The van der Waals surface area contributed by atoms with Gasteiger partial charge in [0.15, 0.2) is 0 Å². The van der Waals surface area contributed by atoms with Crippen LogP contribution in [0.5, 0.6) is 0 Å². The minimum absolute atomic E-state index is 0.136. The zero-order valence-corrected chi connectivity index (χ0v) is 15.1. The number of likely N-dealkylation sites (tertiary alicyclic amines) is 1. The second kappa shape index (κ2) is 8.42. The molecule has 0 aromatic heterocycles. The molecule has 1 saturated carbocycles. The van der Waals surface area contributed by atoms with E-state index >= 15 is 0 Å². The van der Waals surface area contributed by atoms with E-state index in [0.717, 1.165) is 13.1 Å². The Morgan fingerprint density at radius 3 is 2.71 bits per heavy atom. The van der Waals surface area contributed by atoms with Crippen LogP contribution in [-0.2, 0) is 9.53 Å². The molecule has 4 atom stereocenters. The largest absolute Gasteiger partial charge is 0.388 e. The van der Waals surface area contributed by atoms with Crippen LogP contribution < -0.4 is 11.2 Å². The summed E-state index contributed by atoms with van der Waals surface area (Å²) in [5, 5.41) is 20.4. The molecule has 1 amide bonds. The molecule has 1 heterocycles. The molecule has 0 aromatic rings. The van der Waals surface area contributed by atoms with Crippen LogP contribution >= 0.6 is 11.6 Å². The quantitative estimate of drug-likeness (QED) is 0.282. The van der Waals surface area contributed by atoms with Gasteiger partial charge in [0.1, 0.15) is 0 Å². The zero-order chi connectivity index (χ0) is 17.7. The second-order valence-corrected chi connectivity index (χ2v) is 7.47. The van der Waals surface area contributed by atoms with Gasteiger partial charge in [0.2, 0.25) is 5.91 Å². The number of piperidine rings is 1. The van der Waals surface area contributed by atoms with Crippen molar-refractivity contribution >= 4 is 17.5 Å². The molecule has 1 aliphatic heterocycles. The lowest BCUT2D eigenvalue weighted by molar-refractivity contribution is -0.133. The van der Waals surface area contributed by atoms with Gasteiger partial charge in [0.25, 0.3) is 0 Å². The number of methoxy groups -OCH3 is 1. The van der Waals surface area contributed by atoms with Crippen LogP contribution in [0.15, 0.2) is 10.3 Å². The predicted octanol–water partition coefficient (Wildman–Crippen LogP) is 0.286. The number of amides is 1. The summed E-state index contributed by atoms with van der Waals surface area (Å²) < 4.78 is 5.45. The van der Waals surface area contributed by atoms with Gasteiger partial charge in [-0.25, -0.2) is 0 Å². The average molecular weight is 362 g/mol. The van der Waals surface area contributed by atoms with Gasteiger partial charge in [-0.1, -0.05) is 5.22 Å². The third-order valence-corrected chi connectivity index (χ3v) is 5.65. The van der Waals surface area contributed by atoms with Crippen LogP contribution in [0.2, 0.25) is 0 Å². The lowest BCUT2D eigenvalue weighted by Gasteiger charge is -2.38. The maximum Gasteiger partial charge on any atom is 0.225 e. The van der Waals surface area contributed by atoms with Crippen molar-refractivity contribution in [1.82, 2.24) is 10.2 Å². The number of alkyl halides is 1. The number of carbonyl (C=O) groups is 1. The molecule has 9 heteroatoms. The van der Waals surface area contributed by atoms with Gasteiger partial charge in [-0.2, -0.15) is 5.11 Å². The fourth-order valence-electron chi connectivity index (χ4n) is 3.44. The molecule has 2 rings (SSSR count). The number of nitrogens with one attached hydrogen (secondary N) is 1. The number of ether oxygens (including phenoxy) is 1. The number of nitrogens with two attached hydrogens (primary N) is 1. The van der Waals surface area contributed by atoms with Crippen LogP contribution in [0.25, 0.3) is 0 Å². The van der Waals surface area contributed by atoms with Crippen LogP contribution in [0.3, 0.4) is 0 Å². The fraction of sp³-hybridized carbons (Fsp3) is 0.933. The molecule has 1 aliphatic carbocycles.